The van der Waals surface area contributed by atoms with Crippen LogP contribution in [0.1, 0.15) is 26.7 Å². The van der Waals surface area contributed by atoms with E-state index < -0.39 is 0 Å². The topological polar surface area (TPSA) is 0 Å². The van der Waals surface area contributed by atoms with Crippen LogP contribution in [-0.2, 0) is 0 Å². The summed E-state index contributed by atoms with van der Waals surface area (Å²) in [6, 6.07) is 0. The van der Waals surface area contributed by atoms with Gasteiger partial charge in [0, 0.05) is 12.8 Å². The molecule has 0 heteroatoms. The van der Waals surface area contributed by atoms with Crippen LogP contribution in [0.25, 0.3) is 0 Å². The van der Waals surface area contributed by atoms with E-state index in [4.69, 9.17) is 0 Å². The van der Waals surface area contributed by atoms with E-state index in [1.807, 2.05) is 13.8 Å². The second kappa shape index (κ2) is 7.86. The SMILES string of the molecule is CCC#C/C=C\C#CCC. The molecule has 0 fully saturated rings. The molecule has 0 aromatic heterocycles. The fourth-order valence-electron chi connectivity index (χ4n) is 0.405. The van der Waals surface area contributed by atoms with Gasteiger partial charge >= 0.3 is 0 Å². The van der Waals surface area contributed by atoms with Gasteiger partial charge < -0.3 is 0 Å². The molecule has 0 aromatic rings. The highest BCUT2D eigenvalue weighted by atomic mass is 13.6. The lowest BCUT2D eigenvalue weighted by Gasteiger charge is -1.66. The Bertz CT molecular complexity index is 176. The van der Waals surface area contributed by atoms with Crippen LogP contribution in [-0.4, -0.2) is 0 Å². The summed E-state index contributed by atoms with van der Waals surface area (Å²) >= 11 is 0. The molecule has 0 atom stereocenters. The molecule has 0 aliphatic carbocycles. The van der Waals surface area contributed by atoms with Crippen molar-refractivity contribution in [2.75, 3.05) is 0 Å². The maximum atomic E-state index is 2.92. The van der Waals surface area contributed by atoms with Crippen LogP contribution in [0.3, 0.4) is 0 Å². The van der Waals surface area contributed by atoms with Gasteiger partial charge in [-0.25, -0.2) is 0 Å². The normalized spacial score (nSPS) is 7.80. The van der Waals surface area contributed by atoms with Gasteiger partial charge in [-0.05, 0) is 12.2 Å². The van der Waals surface area contributed by atoms with Crippen molar-refractivity contribution in [2.45, 2.75) is 26.7 Å². The first kappa shape index (κ1) is 8.86. The molecule has 0 spiro atoms. The predicted octanol–water partition coefficient (Wildman–Crippen LogP) is 2.37. The molecule has 52 valence electrons. The highest BCUT2D eigenvalue weighted by Gasteiger charge is 1.59. The van der Waals surface area contributed by atoms with Crippen molar-refractivity contribution in [1.82, 2.24) is 0 Å². The summed E-state index contributed by atoms with van der Waals surface area (Å²) in [5, 5.41) is 0. The van der Waals surface area contributed by atoms with Crippen molar-refractivity contribution in [2.24, 2.45) is 0 Å². The summed E-state index contributed by atoms with van der Waals surface area (Å²) in [7, 11) is 0. The predicted molar refractivity (Wildman–Crippen MR) is 45.3 cm³/mol. The van der Waals surface area contributed by atoms with Gasteiger partial charge in [0.25, 0.3) is 0 Å². The maximum Gasteiger partial charge on any atom is 0.00638 e. The van der Waals surface area contributed by atoms with E-state index in [9.17, 15) is 0 Å². The van der Waals surface area contributed by atoms with Crippen molar-refractivity contribution < 1.29 is 0 Å². The Morgan fingerprint density at radius 2 is 1.30 bits per heavy atom. The lowest BCUT2D eigenvalue weighted by molar-refractivity contribution is 1.28. The Balaban J connectivity index is 3.56. The Hall–Kier alpha value is -1.14. The molecule has 0 aromatic carbocycles. The van der Waals surface area contributed by atoms with Gasteiger partial charge in [-0.1, -0.05) is 37.5 Å². The van der Waals surface area contributed by atoms with Crippen molar-refractivity contribution in [3.05, 3.63) is 12.2 Å². The molecule has 0 nitrogen and oxygen atoms in total. The molecule has 0 saturated heterocycles. The highest BCUT2D eigenvalue weighted by Crippen LogP contribution is 1.72. The lowest BCUT2D eigenvalue weighted by atomic mass is 10.4. The second-order valence-corrected chi connectivity index (χ2v) is 1.68. The zero-order chi connectivity index (χ0) is 7.66. The van der Waals surface area contributed by atoms with Gasteiger partial charge in [0.05, 0.1) is 0 Å². The summed E-state index contributed by atoms with van der Waals surface area (Å²) in [5.74, 6) is 11.6. The third-order valence-electron chi connectivity index (χ3n) is 0.808. The Morgan fingerprint density at radius 3 is 1.60 bits per heavy atom. The van der Waals surface area contributed by atoms with Gasteiger partial charge in [0.2, 0.25) is 0 Å². The molecule has 0 rings (SSSR count). The molecule has 0 aliphatic rings. The van der Waals surface area contributed by atoms with Crippen LogP contribution in [0, 0.1) is 23.7 Å². The first-order valence-electron chi connectivity index (χ1n) is 3.53. The first-order chi connectivity index (χ1) is 4.91. The monoisotopic (exact) mass is 132 g/mol. The average molecular weight is 132 g/mol. The number of allylic oxidation sites excluding steroid dienone is 2. The Morgan fingerprint density at radius 1 is 0.900 bits per heavy atom. The molecule has 0 N–H and O–H groups in total. The zero-order valence-electron chi connectivity index (χ0n) is 6.57. The fourth-order valence-corrected chi connectivity index (χ4v) is 0.405. The number of rotatable bonds is 0. The quantitative estimate of drug-likeness (QED) is 0.444. The number of hydrogen-bond donors (Lipinski definition) is 0. The molecule has 0 heterocycles. The van der Waals surface area contributed by atoms with E-state index in [1.54, 1.807) is 12.2 Å². The van der Waals surface area contributed by atoms with Crippen molar-refractivity contribution in [3.63, 3.8) is 0 Å². The van der Waals surface area contributed by atoms with Crippen LogP contribution in [0.2, 0.25) is 0 Å². The van der Waals surface area contributed by atoms with Gasteiger partial charge in [0.1, 0.15) is 0 Å². The van der Waals surface area contributed by atoms with Crippen molar-refractivity contribution >= 4 is 0 Å². The molecule has 0 radical (unpaired) electrons. The standard InChI is InChI=1S/C10H12/c1-3-5-7-9-10-8-6-4-2/h9-10H,3-4H2,1-2H3/b10-9-. The zero-order valence-corrected chi connectivity index (χ0v) is 6.57. The van der Waals surface area contributed by atoms with E-state index in [1.165, 1.54) is 0 Å². The molecule has 10 heavy (non-hydrogen) atoms. The summed E-state index contributed by atoms with van der Waals surface area (Å²) in [6.45, 7) is 4.05. The Labute approximate surface area is 63.3 Å². The third-order valence-corrected chi connectivity index (χ3v) is 0.808. The largest absolute Gasteiger partial charge is 0.0988 e. The summed E-state index contributed by atoms with van der Waals surface area (Å²) in [4.78, 5) is 0. The molecule has 0 unspecified atom stereocenters. The van der Waals surface area contributed by atoms with E-state index >= 15 is 0 Å². The number of hydrogen-bond acceptors (Lipinski definition) is 0. The molecule has 0 aliphatic heterocycles. The van der Waals surface area contributed by atoms with Crippen molar-refractivity contribution in [1.29, 1.82) is 0 Å². The van der Waals surface area contributed by atoms with Crippen molar-refractivity contribution in [3.8, 4) is 23.7 Å². The van der Waals surface area contributed by atoms with Crippen LogP contribution >= 0.6 is 0 Å². The minimum Gasteiger partial charge on any atom is -0.0988 e. The fraction of sp³-hybridized carbons (Fsp3) is 0.400. The summed E-state index contributed by atoms with van der Waals surface area (Å²) in [5.41, 5.74) is 0. The van der Waals surface area contributed by atoms with E-state index in [-0.39, 0.29) is 0 Å². The first-order valence-corrected chi connectivity index (χ1v) is 3.53. The lowest BCUT2D eigenvalue weighted by Crippen LogP contribution is -1.54. The highest BCUT2D eigenvalue weighted by molar-refractivity contribution is 5.24. The van der Waals surface area contributed by atoms with E-state index in [0.29, 0.717) is 0 Å². The van der Waals surface area contributed by atoms with Gasteiger partial charge in [0.15, 0.2) is 0 Å². The Kier molecular flexibility index (Phi) is 6.96. The summed E-state index contributed by atoms with van der Waals surface area (Å²) < 4.78 is 0. The maximum absolute atomic E-state index is 2.92. The smallest absolute Gasteiger partial charge is 0.00638 e. The molecule has 0 bridgehead atoms. The summed E-state index contributed by atoms with van der Waals surface area (Å²) in [6.07, 6.45) is 5.38. The van der Waals surface area contributed by atoms with Crippen LogP contribution in [0.4, 0.5) is 0 Å². The molecular weight excluding hydrogens is 120 g/mol. The molecule has 0 saturated carbocycles. The van der Waals surface area contributed by atoms with Gasteiger partial charge in [-0.15, -0.1) is 0 Å². The van der Waals surface area contributed by atoms with E-state index in [0.717, 1.165) is 12.8 Å². The second-order valence-electron chi connectivity index (χ2n) is 1.68. The van der Waals surface area contributed by atoms with Gasteiger partial charge in [-0.3, -0.25) is 0 Å². The van der Waals surface area contributed by atoms with E-state index in [2.05, 4.69) is 23.7 Å². The average Bonchev–Trinajstić information content (AvgIpc) is 1.97. The molecule has 0 amide bonds. The third kappa shape index (κ3) is 6.86. The minimum absolute atomic E-state index is 0.908. The minimum atomic E-state index is 0.908. The van der Waals surface area contributed by atoms with Gasteiger partial charge in [-0.2, -0.15) is 0 Å². The van der Waals surface area contributed by atoms with Crippen LogP contribution < -0.4 is 0 Å². The van der Waals surface area contributed by atoms with Crippen LogP contribution in [0.15, 0.2) is 12.2 Å². The molecular formula is C10H12. The van der Waals surface area contributed by atoms with Crippen LogP contribution in [0.5, 0.6) is 0 Å².